The molecule has 0 unspecified atom stereocenters. The number of amides is 1. The number of pyridine rings is 1. The van der Waals surface area contributed by atoms with E-state index in [1.807, 2.05) is 12.1 Å². The molecule has 1 amide bonds. The smallest absolute Gasteiger partial charge is 0.257 e. The minimum atomic E-state index is -0.331. The van der Waals surface area contributed by atoms with Gasteiger partial charge in [0.05, 0.1) is 22.9 Å². The van der Waals surface area contributed by atoms with Gasteiger partial charge in [0.2, 0.25) is 0 Å². The molecule has 3 rings (SSSR count). The number of hydrogen-bond donors (Lipinski definition) is 1. The zero-order valence-corrected chi connectivity index (χ0v) is 15.6. The van der Waals surface area contributed by atoms with Gasteiger partial charge in [-0.05, 0) is 54.6 Å². The van der Waals surface area contributed by atoms with E-state index in [0.717, 1.165) is 9.79 Å². The molecular formula is C19H11Cl2N3OS. The number of rotatable bonds is 4. The monoisotopic (exact) mass is 399 g/mol. The van der Waals surface area contributed by atoms with Crippen LogP contribution in [0.1, 0.15) is 15.9 Å². The normalized spacial score (nSPS) is 10.2. The van der Waals surface area contributed by atoms with E-state index in [9.17, 15) is 4.79 Å². The van der Waals surface area contributed by atoms with Crippen LogP contribution >= 0.6 is 35.0 Å². The number of hydrogen-bond acceptors (Lipinski definition) is 4. The molecule has 4 nitrogen and oxygen atoms in total. The Morgan fingerprint density at radius 3 is 2.50 bits per heavy atom. The Balaban J connectivity index is 1.88. The summed E-state index contributed by atoms with van der Waals surface area (Å²) in [6.07, 6.45) is 1.40. The minimum absolute atomic E-state index is 0.312. The topological polar surface area (TPSA) is 65.8 Å². The van der Waals surface area contributed by atoms with Crippen molar-refractivity contribution in [3.05, 3.63) is 82.1 Å². The molecule has 128 valence electrons. The van der Waals surface area contributed by atoms with Gasteiger partial charge in [0.1, 0.15) is 5.15 Å². The third-order valence-electron chi connectivity index (χ3n) is 3.39. The van der Waals surface area contributed by atoms with Gasteiger partial charge in [0, 0.05) is 21.0 Å². The molecule has 1 aromatic heterocycles. The lowest BCUT2D eigenvalue weighted by Crippen LogP contribution is -2.13. The van der Waals surface area contributed by atoms with Crippen LogP contribution in [0.2, 0.25) is 10.2 Å². The number of benzene rings is 2. The third-order valence-corrected chi connectivity index (χ3v) is 4.95. The number of nitrogens with zero attached hydrogens (tertiary/aromatic N) is 2. The summed E-state index contributed by atoms with van der Waals surface area (Å²) in [6.45, 7) is 0. The summed E-state index contributed by atoms with van der Waals surface area (Å²) in [5.74, 6) is -0.331. The van der Waals surface area contributed by atoms with Gasteiger partial charge in [-0.25, -0.2) is 4.98 Å². The van der Waals surface area contributed by atoms with Gasteiger partial charge in [-0.1, -0.05) is 35.0 Å². The first kappa shape index (κ1) is 18.3. The Labute approximate surface area is 164 Å². The molecular weight excluding hydrogens is 389 g/mol. The number of carbonyl (C=O) groups is 1. The molecule has 0 fully saturated rings. The molecule has 0 atom stereocenters. The van der Waals surface area contributed by atoms with E-state index < -0.39 is 0 Å². The lowest BCUT2D eigenvalue weighted by atomic mass is 10.2. The van der Waals surface area contributed by atoms with Crippen molar-refractivity contribution in [2.45, 2.75) is 9.79 Å². The Morgan fingerprint density at radius 1 is 1.08 bits per heavy atom. The molecule has 0 bridgehead atoms. The molecule has 1 heterocycles. The molecule has 0 saturated heterocycles. The minimum Gasteiger partial charge on any atom is -0.321 e. The largest absolute Gasteiger partial charge is 0.321 e. The zero-order valence-electron chi connectivity index (χ0n) is 13.2. The summed E-state index contributed by atoms with van der Waals surface area (Å²) >= 11 is 13.1. The summed E-state index contributed by atoms with van der Waals surface area (Å²) in [5, 5.41) is 12.9. The second kappa shape index (κ2) is 8.24. The van der Waals surface area contributed by atoms with Crippen LogP contribution in [0.3, 0.4) is 0 Å². The Kier molecular flexibility index (Phi) is 5.79. The van der Waals surface area contributed by atoms with Gasteiger partial charge in [-0.3, -0.25) is 4.79 Å². The fraction of sp³-hybridized carbons (Fsp3) is 0. The highest BCUT2D eigenvalue weighted by Crippen LogP contribution is 2.35. The summed E-state index contributed by atoms with van der Waals surface area (Å²) < 4.78 is 0. The van der Waals surface area contributed by atoms with Gasteiger partial charge in [-0.15, -0.1) is 0 Å². The maximum absolute atomic E-state index is 12.5. The number of nitrogens with one attached hydrogen (secondary N) is 1. The number of aromatic nitrogens is 1. The van der Waals surface area contributed by atoms with Crippen LogP contribution in [0, 0.1) is 11.3 Å². The summed E-state index contributed by atoms with van der Waals surface area (Å²) in [4.78, 5) is 18.1. The summed E-state index contributed by atoms with van der Waals surface area (Å²) in [7, 11) is 0. The van der Waals surface area contributed by atoms with Crippen LogP contribution in [0.15, 0.2) is 70.6 Å². The van der Waals surface area contributed by atoms with Gasteiger partial charge >= 0.3 is 0 Å². The molecule has 0 aliphatic rings. The van der Waals surface area contributed by atoms with Crippen LogP contribution in [-0.4, -0.2) is 10.9 Å². The predicted octanol–water partition coefficient (Wildman–Crippen LogP) is 5.66. The quantitative estimate of drug-likeness (QED) is 0.574. The second-order valence-corrected chi connectivity index (χ2v) is 7.14. The van der Waals surface area contributed by atoms with E-state index in [-0.39, 0.29) is 5.91 Å². The average molecular weight is 400 g/mol. The molecule has 3 aromatic rings. The van der Waals surface area contributed by atoms with E-state index in [2.05, 4.69) is 16.4 Å². The molecule has 0 aliphatic carbocycles. The Morgan fingerprint density at radius 2 is 1.85 bits per heavy atom. The predicted molar refractivity (Wildman–Crippen MR) is 104 cm³/mol. The van der Waals surface area contributed by atoms with Crippen molar-refractivity contribution < 1.29 is 4.79 Å². The standard InChI is InChI=1S/C19H11Cl2N3OS/c20-14-3-5-15(6-4-14)26-17-7-1-12(10-22)9-16(17)24-19(25)13-2-8-18(21)23-11-13/h1-9,11H,(H,24,25). The van der Waals surface area contributed by atoms with E-state index in [0.29, 0.717) is 27.0 Å². The fourth-order valence-electron chi connectivity index (χ4n) is 2.12. The molecule has 2 aromatic carbocycles. The first-order valence-corrected chi connectivity index (χ1v) is 9.03. The van der Waals surface area contributed by atoms with Gasteiger partial charge < -0.3 is 5.32 Å². The first-order chi connectivity index (χ1) is 12.5. The molecule has 26 heavy (non-hydrogen) atoms. The van der Waals surface area contributed by atoms with Crippen molar-refractivity contribution in [3.8, 4) is 6.07 Å². The van der Waals surface area contributed by atoms with Crippen molar-refractivity contribution in [2.24, 2.45) is 0 Å². The number of carbonyl (C=O) groups excluding carboxylic acids is 1. The van der Waals surface area contributed by atoms with Crippen molar-refractivity contribution in [1.29, 1.82) is 5.26 Å². The maximum Gasteiger partial charge on any atom is 0.257 e. The molecule has 0 spiro atoms. The van der Waals surface area contributed by atoms with Gasteiger partial charge in [0.15, 0.2) is 0 Å². The number of nitriles is 1. The van der Waals surface area contributed by atoms with Crippen molar-refractivity contribution in [1.82, 2.24) is 4.98 Å². The van der Waals surface area contributed by atoms with E-state index in [4.69, 9.17) is 28.5 Å². The van der Waals surface area contributed by atoms with Gasteiger partial charge in [0.25, 0.3) is 5.91 Å². The number of halogens is 2. The van der Waals surface area contributed by atoms with E-state index in [1.54, 1.807) is 42.5 Å². The van der Waals surface area contributed by atoms with E-state index >= 15 is 0 Å². The summed E-state index contributed by atoms with van der Waals surface area (Å²) in [5.41, 5.74) is 1.37. The fourth-order valence-corrected chi connectivity index (χ4v) is 3.24. The molecule has 0 radical (unpaired) electrons. The SMILES string of the molecule is N#Cc1ccc(Sc2ccc(Cl)cc2)c(NC(=O)c2ccc(Cl)nc2)c1. The third kappa shape index (κ3) is 4.55. The Bertz CT molecular complexity index is 983. The second-order valence-electron chi connectivity index (χ2n) is 5.20. The first-order valence-electron chi connectivity index (χ1n) is 7.45. The van der Waals surface area contributed by atoms with Gasteiger partial charge in [-0.2, -0.15) is 5.26 Å². The van der Waals surface area contributed by atoms with E-state index in [1.165, 1.54) is 18.0 Å². The van der Waals surface area contributed by atoms with Crippen LogP contribution in [0.4, 0.5) is 5.69 Å². The highest BCUT2D eigenvalue weighted by Gasteiger charge is 2.12. The zero-order chi connectivity index (χ0) is 18.5. The average Bonchev–Trinajstić information content (AvgIpc) is 2.65. The highest BCUT2D eigenvalue weighted by molar-refractivity contribution is 7.99. The molecule has 0 aliphatic heterocycles. The van der Waals surface area contributed by atoms with Crippen molar-refractivity contribution in [3.63, 3.8) is 0 Å². The Hall–Kier alpha value is -2.52. The molecule has 0 saturated carbocycles. The lowest BCUT2D eigenvalue weighted by molar-refractivity contribution is 0.102. The van der Waals surface area contributed by atoms with Crippen molar-refractivity contribution >= 4 is 46.6 Å². The number of anilines is 1. The van der Waals surface area contributed by atoms with Crippen LogP contribution in [-0.2, 0) is 0 Å². The maximum atomic E-state index is 12.5. The molecule has 7 heteroatoms. The van der Waals surface area contributed by atoms with Crippen molar-refractivity contribution in [2.75, 3.05) is 5.32 Å². The summed E-state index contributed by atoms with van der Waals surface area (Å²) in [6, 6.07) is 17.7. The lowest BCUT2D eigenvalue weighted by Gasteiger charge is -2.11. The van der Waals surface area contributed by atoms with Crippen LogP contribution < -0.4 is 5.32 Å². The highest BCUT2D eigenvalue weighted by atomic mass is 35.5. The molecule has 1 N–H and O–H groups in total. The van der Waals surface area contributed by atoms with Crippen LogP contribution in [0.5, 0.6) is 0 Å². The van der Waals surface area contributed by atoms with Crippen LogP contribution in [0.25, 0.3) is 0 Å².